The van der Waals surface area contributed by atoms with E-state index in [9.17, 15) is 9.59 Å². The minimum atomic E-state index is -0.166. The van der Waals surface area contributed by atoms with Crippen LogP contribution < -0.4 is 20.7 Å². The quantitative estimate of drug-likeness (QED) is 0.445. The normalized spacial score (nSPS) is 11.5. The molecule has 1 unspecified atom stereocenters. The molecule has 3 aromatic rings. The van der Waals surface area contributed by atoms with Crippen LogP contribution in [0.25, 0.3) is 0 Å². The smallest absolute Gasteiger partial charge is 0.251 e. The van der Waals surface area contributed by atoms with Crippen LogP contribution in [-0.2, 0) is 4.79 Å². The number of carbonyl (C=O) groups excluding carboxylic acids is 2. The molecular weight excluding hydrogens is 402 g/mol. The molecule has 6 heteroatoms. The van der Waals surface area contributed by atoms with E-state index in [-0.39, 0.29) is 30.5 Å². The van der Waals surface area contributed by atoms with Gasteiger partial charge in [-0.15, -0.1) is 0 Å². The molecule has 0 aliphatic rings. The number of nitrogens with one attached hydrogen (secondary N) is 3. The number of ether oxygens (including phenoxy) is 1. The molecule has 0 bridgehead atoms. The molecule has 0 aromatic heterocycles. The van der Waals surface area contributed by atoms with Crippen molar-refractivity contribution < 1.29 is 14.3 Å². The Morgan fingerprint density at radius 1 is 0.812 bits per heavy atom. The molecule has 2 amide bonds. The molecule has 0 aliphatic heterocycles. The minimum absolute atomic E-state index is 0.0869. The van der Waals surface area contributed by atoms with Gasteiger partial charge in [-0.1, -0.05) is 30.3 Å². The zero-order valence-corrected chi connectivity index (χ0v) is 18.6. The van der Waals surface area contributed by atoms with Crippen molar-refractivity contribution >= 4 is 23.2 Å². The predicted molar refractivity (Wildman–Crippen MR) is 128 cm³/mol. The van der Waals surface area contributed by atoms with E-state index in [1.807, 2.05) is 63.2 Å². The van der Waals surface area contributed by atoms with Gasteiger partial charge in [-0.2, -0.15) is 0 Å². The summed E-state index contributed by atoms with van der Waals surface area (Å²) in [6, 6.07) is 24.0. The average Bonchev–Trinajstić information content (AvgIpc) is 2.79. The summed E-state index contributed by atoms with van der Waals surface area (Å²) >= 11 is 0. The fourth-order valence-electron chi connectivity index (χ4n) is 3.12. The molecule has 3 rings (SSSR count). The largest absolute Gasteiger partial charge is 0.491 e. The van der Waals surface area contributed by atoms with Crippen molar-refractivity contribution in [3.63, 3.8) is 0 Å². The zero-order chi connectivity index (χ0) is 22.9. The Balaban J connectivity index is 1.46. The van der Waals surface area contributed by atoms with E-state index in [4.69, 9.17) is 4.74 Å². The summed E-state index contributed by atoms with van der Waals surface area (Å²) in [5, 5.41) is 8.90. The van der Waals surface area contributed by atoms with Crippen LogP contribution in [0.2, 0.25) is 0 Å². The maximum absolute atomic E-state index is 12.5. The molecule has 32 heavy (non-hydrogen) atoms. The van der Waals surface area contributed by atoms with Crippen LogP contribution in [0.15, 0.2) is 78.9 Å². The Morgan fingerprint density at radius 3 is 2.06 bits per heavy atom. The van der Waals surface area contributed by atoms with Gasteiger partial charge in [-0.05, 0) is 74.9 Å². The van der Waals surface area contributed by atoms with Gasteiger partial charge in [0.2, 0.25) is 5.91 Å². The van der Waals surface area contributed by atoms with E-state index in [0.29, 0.717) is 11.3 Å². The van der Waals surface area contributed by atoms with Crippen LogP contribution in [0.5, 0.6) is 5.75 Å². The monoisotopic (exact) mass is 431 g/mol. The first-order valence-corrected chi connectivity index (χ1v) is 10.7. The van der Waals surface area contributed by atoms with Gasteiger partial charge in [0.05, 0.1) is 18.7 Å². The number of hydrogen-bond acceptors (Lipinski definition) is 4. The van der Waals surface area contributed by atoms with Crippen LogP contribution >= 0.6 is 0 Å². The molecular formula is C26H29N3O3. The van der Waals surface area contributed by atoms with Gasteiger partial charge in [0, 0.05) is 16.9 Å². The van der Waals surface area contributed by atoms with E-state index in [1.54, 1.807) is 36.4 Å². The minimum Gasteiger partial charge on any atom is -0.491 e. The topological polar surface area (TPSA) is 79.5 Å². The fraction of sp³-hybridized carbons (Fsp3) is 0.231. The number of anilines is 2. The third kappa shape index (κ3) is 6.87. The highest BCUT2D eigenvalue weighted by Gasteiger charge is 2.11. The third-order valence-corrected chi connectivity index (χ3v) is 4.76. The highest BCUT2D eigenvalue weighted by molar-refractivity contribution is 5.95. The molecule has 0 heterocycles. The highest BCUT2D eigenvalue weighted by atomic mass is 16.5. The van der Waals surface area contributed by atoms with Crippen molar-refractivity contribution in [2.75, 3.05) is 17.2 Å². The van der Waals surface area contributed by atoms with Crippen LogP contribution in [0.1, 0.15) is 42.7 Å². The Hall–Kier alpha value is -3.80. The summed E-state index contributed by atoms with van der Waals surface area (Å²) in [4.78, 5) is 24.7. The number of rotatable bonds is 9. The van der Waals surface area contributed by atoms with E-state index in [2.05, 4.69) is 16.0 Å². The Morgan fingerprint density at radius 2 is 1.44 bits per heavy atom. The van der Waals surface area contributed by atoms with Crippen LogP contribution in [0.3, 0.4) is 0 Å². The van der Waals surface area contributed by atoms with Gasteiger partial charge in [-0.3, -0.25) is 9.59 Å². The molecule has 0 spiro atoms. The summed E-state index contributed by atoms with van der Waals surface area (Å²) in [7, 11) is 0. The van der Waals surface area contributed by atoms with E-state index >= 15 is 0 Å². The predicted octanol–water partition coefficient (Wildman–Crippen LogP) is 5.02. The summed E-state index contributed by atoms with van der Waals surface area (Å²) in [6.07, 6.45) is 0.101. The van der Waals surface area contributed by atoms with E-state index in [0.717, 1.165) is 17.0 Å². The van der Waals surface area contributed by atoms with Crippen molar-refractivity contribution in [2.45, 2.75) is 32.9 Å². The summed E-state index contributed by atoms with van der Waals surface area (Å²) in [6.45, 7) is 5.99. The molecule has 0 saturated heterocycles. The lowest BCUT2D eigenvalue weighted by atomic mass is 10.1. The average molecular weight is 432 g/mol. The molecule has 3 N–H and O–H groups in total. The SMILES string of the molecule is CC(C)Oc1ccc(NC(=O)CNc2ccc(C(=O)NC(C)c3ccccc3)cc2)cc1. The van der Waals surface area contributed by atoms with Crippen molar-refractivity contribution in [3.8, 4) is 5.75 Å². The maximum Gasteiger partial charge on any atom is 0.251 e. The van der Waals surface area contributed by atoms with Gasteiger partial charge in [0.15, 0.2) is 0 Å². The lowest BCUT2D eigenvalue weighted by molar-refractivity contribution is -0.114. The molecule has 3 aromatic carbocycles. The first-order valence-electron chi connectivity index (χ1n) is 10.7. The number of hydrogen-bond donors (Lipinski definition) is 3. The van der Waals surface area contributed by atoms with Gasteiger partial charge >= 0.3 is 0 Å². The van der Waals surface area contributed by atoms with Crippen LogP contribution in [-0.4, -0.2) is 24.5 Å². The van der Waals surface area contributed by atoms with Gasteiger partial charge in [0.25, 0.3) is 5.91 Å². The lowest BCUT2D eigenvalue weighted by Crippen LogP contribution is -2.26. The van der Waals surface area contributed by atoms with E-state index < -0.39 is 0 Å². The molecule has 0 fully saturated rings. The van der Waals surface area contributed by atoms with Crippen molar-refractivity contribution in [1.82, 2.24) is 5.32 Å². The standard InChI is InChI=1S/C26H29N3O3/c1-18(2)32-24-15-13-23(14-16-24)29-25(30)17-27-22-11-9-21(10-12-22)26(31)28-19(3)20-7-5-4-6-8-20/h4-16,18-19,27H,17H2,1-3H3,(H,28,31)(H,29,30). The second-order valence-electron chi connectivity index (χ2n) is 7.78. The van der Waals surface area contributed by atoms with Crippen molar-refractivity contribution in [1.29, 1.82) is 0 Å². The Labute approximate surface area is 189 Å². The summed E-state index contributed by atoms with van der Waals surface area (Å²) in [5.41, 5.74) is 3.07. The second-order valence-corrected chi connectivity index (χ2v) is 7.78. The number of benzene rings is 3. The molecule has 0 radical (unpaired) electrons. The van der Waals surface area contributed by atoms with Crippen LogP contribution in [0, 0.1) is 0 Å². The molecule has 1 atom stereocenters. The first-order chi connectivity index (χ1) is 15.4. The number of amides is 2. The van der Waals surface area contributed by atoms with Gasteiger partial charge < -0.3 is 20.7 Å². The summed E-state index contributed by atoms with van der Waals surface area (Å²) < 4.78 is 5.60. The highest BCUT2D eigenvalue weighted by Crippen LogP contribution is 2.17. The second kappa shape index (κ2) is 11.0. The lowest BCUT2D eigenvalue weighted by Gasteiger charge is -2.14. The fourth-order valence-corrected chi connectivity index (χ4v) is 3.12. The number of carbonyl (C=O) groups is 2. The third-order valence-electron chi connectivity index (χ3n) is 4.76. The first kappa shape index (κ1) is 22.9. The Kier molecular flexibility index (Phi) is 7.86. The maximum atomic E-state index is 12.5. The molecule has 166 valence electrons. The summed E-state index contributed by atoms with van der Waals surface area (Å²) in [5.74, 6) is 0.454. The Bertz CT molecular complexity index is 1020. The molecule has 0 aliphatic carbocycles. The molecule has 0 saturated carbocycles. The van der Waals surface area contributed by atoms with Crippen LogP contribution in [0.4, 0.5) is 11.4 Å². The van der Waals surface area contributed by atoms with E-state index in [1.165, 1.54) is 0 Å². The zero-order valence-electron chi connectivity index (χ0n) is 18.6. The van der Waals surface area contributed by atoms with Gasteiger partial charge in [0.1, 0.15) is 5.75 Å². The van der Waals surface area contributed by atoms with Crippen molar-refractivity contribution in [2.24, 2.45) is 0 Å². The van der Waals surface area contributed by atoms with Crippen molar-refractivity contribution in [3.05, 3.63) is 90.0 Å². The van der Waals surface area contributed by atoms with Gasteiger partial charge in [-0.25, -0.2) is 0 Å². The molecule has 6 nitrogen and oxygen atoms in total.